The number of rotatable bonds is 1. The molecule has 2 aromatic heterocycles. The van der Waals surface area contributed by atoms with Gasteiger partial charge in [-0.25, -0.2) is 9.78 Å². The number of nitrogens with zero attached hydrogens (tertiary/aromatic N) is 1. The summed E-state index contributed by atoms with van der Waals surface area (Å²) in [5.74, 6) is -1.02. The second-order valence-corrected chi connectivity index (χ2v) is 2.80. The molecule has 0 fully saturated rings. The molecule has 0 aromatic carbocycles. The molecule has 2 rings (SSSR count). The average Bonchev–Trinajstić information content (AvgIpc) is 2.40. The van der Waals surface area contributed by atoms with Gasteiger partial charge in [0.2, 0.25) is 5.82 Å². The number of nitrogens with one attached hydrogen (secondary N) is 1. The van der Waals surface area contributed by atoms with E-state index in [1.54, 1.807) is 5.38 Å². The van der Waals surface area contributed by atoms with Crippen LogP contribution in [0.2, 0.25) is 0 Å². The van der Waals surface area contributed by atoms with Gasteiger partial charge < -0.3 is 10.1 Å². The van der Waals surface area contributed by atoms with Gasteiger partial charge >= 0.3 is 5.97 Å². The van der Waals surface area contributed by atoms with E-state index in [0.29, 0.717) is 5.52 Å². The van der Waals surface area contributed by atoms with Crippen LogP contribution in [0.4, 0.5) is 0 Å². The Morgan fingerprint density at radius 1 is 1.64 bits per heavy atom. The van der Waals surface area contributed by atoms with E-state index in [2.05, 4.69) is 9.97 Å². The monoisotopic (exact) mass is 168 g/mol. The summed E-state index contributed by atoms with van der Waals surface area (Å²) in [5, 5.41) is 12.1. The zero-order valence-corrected chi connectivity index (χ0v) is 6.18. The van der Waals surface area contributed by atoms with Crippen LogP contribution in [0.5, 0.6) is 0 Å². The highest BCUT2D eigenvalue weighted by molar-refractivity contribution is 7.09. The van der Waals surface area contributed by atoms with Gasteiger partial charge in [0.25, 0.3) is 0 Å². The summed E-state index contributed by atoms with van der Waals surface area (Å²) < 4.78 is 0. The van der Waals surface area contributed by atoms with E-state index in [1.807, 2.05) is 5.38 Å². The molecule has 0 spiro atoms. The standard InChI is InChI=1S/C6H4N2O2S/c9-6(10)5-7-3-1-11-2-4(3)8-5/h1-2H,(H,7,8)(H,9,10). The van der Waals surface area contributed by atoms with Gasteiger partial charge in [-0.05, 0) is 0 Å². The molecule has 2 aromatic rings. The molecule has 0 bridgehead atoms. The Morgan fingerprint density at radius 3 is 3.09 bits per heavy atom. The first-order valence-corrected chi connectivity index (χ1v) is 3.87. The number of imidazole rings is 1. The van der Waals surface area contributed by atoms with Crippen LogP contribution in [-0.4, -0.2) is 21.0 Å². The van der Waals surface area contributed by atoms with E-state index in [4.69, 9.17) is 5.11 Å². The van der Waals surface area contributed by atoms with Crippen molar-refractivity contribution in [3.8, 4) is 0 Å². The molecular weight excluding hydrogens is 164 g/mol. The van der Waals surface area contributed by atoms with Crippen molar-refractivity contribution in [2.45, 2.75) is 0 Å². The third kappa shape index (κ3) is 0.894. The molecule has 0 aliphatic carbocycles. The van der Waals surface area contributed by atoms with Crippen molar-refractivity contribution < 1.29 is 9.90 Å². The van der Waals surface area contributed by atoms with Gasteiger partial charge in [-0.3, -0.25) is 0 Å². The Balaban J connectivity index is 2.67. The van der Waals surface area contributed by atoms with Crippen LogP contribution in [0.15, 0.2) is 10.8 Å². The number of hydrogen-bond acceptors (Lipinski definition) is 3. The van der Waals surface area contributed by atoms with Gasteiger partial charge in [-0.15, -0.1) is 11.3 Å². The van der Waals surface area contributed by atoms with Crippen LogP contribution in [0, 0.1) is 0 Å². The van der Waals surface area contributed by atoms with Crippen LogP contribution < -0.4 is 0 Å². The van der Waals surface area contributed by atoms with Gasteiger partial charge in [0, 0.05) is 10.8 Å². The number of aromatic nitrogens is 2. The summed E-state index contributed by atoms with van der Waals surface area (Å²) in [7, 11) is 0. The summed E-state index contributed by atoms with van der Waals surface area (Å²) in [6.07, 6.45) is 0. The van der Waals surface area contributed by atoms with E-state index in [0.717, 1.165) is 5.52 Å². The smallest absolute Gasteiger partial charge is 0.371 e. The van der Waals surface area contributed by atoms with Crippen LogP contribution in [0.3, 0.4) is 0 Å². The summed E-state index contributed by atoms with van der Waals surface area (Å²) >= 11 is 1.49. The number of carboxylic acid groups (broad SMARTS) is 1. The van der Waals surface area contributed by atoms with E-state index < -0.39 is 5.97 Å². The normalized spacial score (nSPS) is 10.5. The quantitative estimate of drug-likeness (QED) is 0.674. The molecule has 4 nitrogen and oxygen atoms in total. The van der Waals surface area contributed by atoms with Crippen LogP contribution >= 0.6 is 11.3 Å². The van der Waals surface area contributed by atoms with Crippen molar-refractivity contribution >= 4 is 28.3 Å². The van der Waals surface area contributed by atoms with Gasteiger partial charge in [-0.1, -0.05) is 0 Å². The minimum absolute atomic E-state index is 0.00259. The second-order valence-electron chi connectivity index (χ2n) is 2.06. The molecule has 2 heterocycles. The number of hydrogen-bond donors (Lipinski definition) is 2. The van der Waals surface area contributed by atoms with Gasteiger partial charge in [0.05, 0.1) is 11.0 Å². The molecule has 5 heteroatoms. The molecule has 0 atom stereocenters. The molecule has 0 saturated heterocycles. The number of fused-ring (bicyclic) bond motifs is 1. The number of carbonyl (C=O) groups is 1. The van der Waals surface area contributed by atoms with Crippen LogP contribution in [0.25, 0.3) is 11.0 Å². The summed E-state index contributed by atoms with van der Waals surface area (Å²) in [4.78, 5) is 16.9. The largest absolute Gasteiger partial charge is 0.475 e. The first kappa shape index (κ1) is 6.36. The molecule has 56 valence electrons. The number of H-pyrrole nitrogens is 1. The predicted octanol–water partition coefficient (Wildman–Crippen LogP) is 1.32. The van der Waals surface area contributed by atoms with Crippen LogP contribution in [-0.2, 0) is 0 Å². The highest BCUT2D eigenvalue weighted by Crippen LogP contribution is 2.15. The van der Waals surface area contributed by atoms with Gasteiger partial charge in [0.15, 0.2) is 0 Å². The molecule has 0 aliphatic rings. The van der Waals surface area contributed by atoms with E-state index in [1.165, 1.54) is 11.3 Å². The number of thiophene rings is 1. The maximum absolute atomic E-state index is 10.4. The third-order valence-electron chi connectivity index (χ3n) is 1.33. The fourth-order valence-corrected chi connectivity index (χ4v) is 1.54. The zero-order valence-electron chi connectivity index (χ0n) is 5.37. The first-order chi connectivity index (χ1) is 5.27. The Hall–Kier alpha value is -1.36. The van der Waals surface area contributed by atoms with Crippen molar-refractivity contribution in [1.29, 1.82) is 0 Å². The first-order valence-electron chi connectivity index (χ1n) is 2.92. The maximum Gasteiger partial charge on any atom is 0.371 e. The topological polar surface area (TPSA) is 66.0 Å². The number of carboxylic acids is 1. The van der Waals surface area contributed by atoms with Crippen molar-refractivity contribution in [3.63, 3.8) is 0 Å². The van der Waals surface area contributed by atoms with Crippen molar-refractivity contribution in [1.82, 2.24) is 9.97 Å². The number of aromatic amines is 1. The minimum Gasteiger partial charge on any atom is -0.475 e. The van der Waals surface area contributed by atoms with Crippen molar-refractivity contribution in [3.05, 3.63) is 16.6 Å². The lowest BCUT2D eigenvalue weighted by atomic mass is 10.5. The fourth-order valence-electron chi connectivity index (χ4n) is 0.848. The predicted molar refractivity (Wildman–Crippen MR) is 40.9 cm³/mol. The van der Waals surface area contributed by atoms with E-state index in [9.17, 15) is 4.79 Å². The Morgan fingerprint density at radius 2 is 2.45 bits per heavy atom. The maximum atomic E-state index is 10.4. The molecule has 0 aliphatic heterocycles. The number of aromatic carboxylic acids is 1. The SMILES string of the molecule is O=C(O)c1nc2cscc2[nH]1. The van der Waals surface area contributed by atoms with E-state index >= 15 is 0 Å². The Kier molecular flexibility index (Phi) is 1.19. The van der Waals surface area contributed by atoms with Gasteiger partial charge in [0.1, 0.15) is 0 Å². The summed E-state index contributed by atoms with van der Waals surface area (Å²) in [5.41, 5.74) is 1.50. The highest BCUT2D eigenvalue weighted by atomic mass is 32.1. The summed E-state index contributed by atoms with van der Waals surface area (Å²) in [6, 6.07) is 0. The molecular formula is C6H4N2O2S. The highest BCUT2D eigenvalue weighted by Gasteiger charge is 2.08. The molecule has 11 heavy (non-hydrogen) atoms. The molecule has 0 amide bonds. The fraction of sp³-hybridized carbons (Fsp3) is 0. The lowest BCUT2D eigenvalue weighted by Gasteiger charge is -1.80. The van der Waals surface area contributed by atoms with Crippen LogP contribution in [0.1, 0.15) is 10.6 Å². The zero-order chi connectivity index (χ0) is 7.84. The lowest BCUT2D eigenvalue weighted by Crippen LogP contribution is -1.97. The van der Waals surface area contributed by atoms with Gasteiger partial charge in [-0.2, -0.15) is 0 Å². The van der Waals surface area contributed by atoms with Crippen molar-refractivity contribution in [2.75, 3.05) is 0 Å². The molecule has 0 radical (unpaired) electrons. The Labute approximate surface area is 65.5 Å². The lowest BCUT2D eigenvalue weighted by molar-refractivity contribution is 0.0685. The molecule has 0 saturated carbocycles. The van der Waals surface area contributed by atoms with E-state index in [-0.39, 0.29) is 5.82 Å². The average molecular weight is 168 g/mol. The minimum atomic E-state index is -1.02. The van der Waals surface area contributed by atoms with Crippen molar-refractivity contribution in [2.24, 2.45) is 0 Å². The molecule has 2 N–H and O–H groups in total. The second kappa shape index (κ2) is 2.06. The Bertz CT molecular complexity index is 375. The third-order valence-corrected chi connectivity index (χ3v) is 2.06. The summed E-state index contributed by atoms with van der Waals surface area (Å²) in [6.45, 7) is 0. The molecule has 0 unspecified atom stereocenters.